The molecule has 0 radical (unpaired) electrons. The summed E-state index contributed by atoms with van der Waals surface area (Å²) in [5, 5.41) is 5.00. The molecule has 0 saturated heterocycles. The molecule has 4 nitrogen and oxygen atoms in total. The molecule has 1 amide bonds. The highest BCUT2D eigenvalue weighted by Crippen LogP contribution is 2.34. The summed E-state index contributed by atoms with van der Waals surface area (Å²) in [6.45, 7) is 2.15. The molecule has 0 atom stereocenters. The number of amides is 1. The summed E-state index contributed by atoms with van der Waals surface area (Å²) < 4.78 is 5.54. The van der Waals surface area contributed by atoms with Crippen LogP contribution in [0.5, 0.6) is 5.75 Å². The van der Waals surface area contributed by atoms with Crippen molar-refractivity contribution in [2.45, 2.75) is 26.2 Å². The van der Waals surface area contributed by atoms with E-state index in [1.54, 1.807) is 7.11 Å². The zero-order valence-electron chi connectivity index (χ0n) is 15.1. The first-order chi connectivity index (χ1) is 12.7. The number of anilines is 1. The van der Waals surface area contributed by atoms with Gasteiger partial charge in [-0.2, -0.15) is 0 Å². The van der Waals surface area contributed by atoms with Crippen molar-refractivity contribution in [3.8, 4) is 16.9 Å². The Balaban J connectivity index is 1.68. The molecular weight excluding hydrogens is 324 g/mol. The van der Waals surface area contributed by atoms with Crippen LogP contribution in [-0.4, -0.2) is 18.0 Å². The quantitative estimate of drug-likeness (QED) is 0.720. The molecule has 4 rings (SSSR count). The van der Waals surface area contributed by atoms with Gasteiger partial charge in [0.2, 0.25) is 5.91 Å². The molecule has 1 aliphatic rings. The van der Waals surface area contributed by atoms with Crippen LogP contribution < -0.4 is 10.1 Å². The Kier molecular flexibility index (Phi) is 4.33. The normalized spacial score (nSPS) is 13.6. The summed E-state index contributed by atoms with van der Waals surface area (Å²) in [6, 6.07) is 14.5. The molecular formula is C22H22N2O2. The zero-order chi connectivity index (χ0) is 18.1. The molecule has 2 aromatic carbocycles. The second kappa shape index (κ2) is 6.79. The van der Waals surface area contributed by atoms with E-state index >= 15 is 0 Å². The number of carbonyl (C=O) groups is 1. The molecule has 1 fully saturated rings. The number of aryl methyl sites for hydroxylation is 1. The van der Waals surface area contributed by atoms with Gasteiger partial charge in [0.1, 0.15) is 11.6 Å². The zero-order valence-corrected chi connectivity index (χ0v) is 15.1. The molecule has 1 aliphatic carbocycles. The first kappa shape index (κ1) is 16.6. The average molecular weight is 346 g/mol. The van der Waals surface area contributed by atoms with Crippen LogP contribution in [0.4, 0.5) is 5.82 Å². The fourth-order valence-electron chi connectivity index (χ4n) is 3.15. The summed E-state index contributed by atoms with van der Waals surface area (Å²) in [5.41, 5.74) is 3.46. The Morgan fingerprint density at radius 3 is 2.73 bits per heavy atom. The number of nitrogens with zero attached hydrogens (tertiary/aromatic N) is 1. The number of benzene rings is 2. The number of ether oxygens (including phenoxy) is 1. The van der Waals surface area contributed by atoms with Crippen molar-refractivity contribution in [1.29, 1.82) is 0 Å². The Hall–Kier alpha value is -2.88. The van der Waals surface area contributed by atoms with Crippen LogP contribution in [0, 0.1) is 5.92 Å². The van der Waals surface area contributed by atoms with Crippen molar-refractivity contribution >= 4 is 22.5 Å². The van der Waals surface area contributed by atoms with Crippen molar-refractivity contribution in [3.63, 3.8) is 0 Å². The molecule has 1 heterocycles. The van der Waals surface area contributed by atoms with Gasteiger partial charge < -0.3 is 10.1 Å². The number of nitrogens with one attached hydrogen (secondary N) is 1. The minimum absolute atomic E-state index is 0.0783. The smallest absolute Gasteiger partial charge is 0.228 e. The molecule has 0 unspecified atom stereocenters. The van der Waals surface area contributed by atoms with Crippen LogP contribution in [-0.2, 0) is 11.2 Å². The van der Waals surface area contributed by atoms with E-state index < -0.39 is 0 Å². The molecule has 1 saturated carbocycles. The third-order valence-corrected chi connectivity index (χ3v) is 4.90. The monoisotopic (exact) mass is 346 g/mol. The Bertz CT molecular complexity index is 977. The molecule has 1 N–H and O–H groups in total. The Morgan fingerprint density at radius 1 is 1.15 bits per heavy atom. The van der Waals surface area contributed by atoms with E-state index in [2.05, 4.69) is 47.6 Å². The van der Waals surface area contributed by atoms with Crippen LogP contribution in [0.1, 0.15) is 25.3 Å². The number of fused-ring (bicyclic) bond motifs is 1. The highest BCUT2D eigenvalue weighted by molar-refractivity contribution is 5.96. The second-order valence-corrected chi connectivity index (χ2v) is 6.78. The molecule has 4 heteroatoms. The van der Waals surface area contributed by atoms with Gasteiger partial charge in [0.05, 0.1) is 7.11 Å². The van der Waals surface area contributed by atoms with Crippen LogP contribution in [0.25, 0.3) is 21.9 Å². The third-order valence-electron chi connectivity index (χ3n) is 4.90. The average Bonchev–Trinajstić information content (AvgIpc) is 3.52. The maximum atomic E-state index is 11.9. The van der Waals surface area contributed by atoms with Gasteiger partial charge in [0.15, 0.2) is 0 Å². The summed E-state index contributed by atoms with van der Waals surface area (Å²) in [6.07, 6.45) is 4.77. The maximum absolute atomic E-state index is 11.9. The maximum Gasteiger partial charge on any atom is 0.228 e. The molecule has 0 aliphatic heterocycles. The van der Waals surface area contributed by atoms with Gasteiger partial charge >= 0.3 is 0 Å². The van der Waals surface area contributed by atoms with Crippen molar-refractivity contribution in [2.75, 3.05) is 12.4 Å². The fraction of sp³-hybridized carbons (Fsp3) is 0.273. The minimum atomic E-state index is 0.0783. The summed E-state index contributed by atoms with van der Waals surface area (Å²) in [4.78, 5) is 16.3. The van der Waals surface area contributed by atoms with Crippen LogP contribution in [0.2, 0.25) is 0 Å². The highest BCUT2D eigenvalue weighted by atomic mass is 16.5. The first-order valence-electron chi connectivity index (χ1n) is 9.06. The predicted octanol–water partition coefficient (Wildman–Crippen LogP) is 4.82. The molecule has 3 aromatic rings. The minimum Gasteiger partial charge on any atom is -0.496 e. The number of pyridine rings is 1. The topological polar surface area (TPSA) is 51.2 Å². The van der Waals surface area contributed by atoms with Crippen molar-refractivity contribution < 1.29 is 9.53 Å². The van der Waals surface area contributed by atoms with E-state index in [4.69, 9.17) is 4.74 Å². The van der Waals surface area contributed by atoms with Crippen LogP contribution >= 0.6 is 0 Å². The van der Waals surface area contributed by atoms with Crippen molar-refractivity contribution in [1.82, 2.24) is 4.98 Å². The van der Waals surface area contributed by atoms with Gasteiger partial charge in [-0.25, -0.2) is 4.98 Å². The molecule has 26 heavy (non-hydrogen) atoms. The van der Waals surface area contributed by atoms with Crippen molar-refractivity contribution in [3.05, 3.63) is 54.2 Å². The predicted molar refractivity (Wildman–Crippen MR) is 104 cm³/mol. The fourth-order valence-corrected chi connectivity index (χ4v) is 3.15. The number of hydrogen-bond acceptors (Lipinski definition) is 3. The number of rotatable bonds is 5. The summed E-state index contributed by atoms with van der Waals surface area (Å²) in [7, 11) is 1.70. The van der Waals surface area contributed by atoms with Crippen LogP contribution in [0.3, 0.4) is 0 Å². The Labute approximate surface area is 153 Å². The van der Waals surface area contributed by atoms with Gasteiger partial charge in [-0.1, -0.05) is 25.1 Å². The number of methoxy groups -OCH3 is 1. The number of aromatic nitrogens is 1. The van der Waals surface area contributed by atoms with E-state index in [1.807, 2.05) is 18.3 Å². The summed E-state index contributed by atoms with van der Waals surface area (Å²) >= 11 is 0. The number of carbonyl (C=O) groups excluding carboxylic acids is 1. The van der Waals surface area contributed by atoms with E-state index in [1.165, 1.54) is 5.56 Å². The van der Waals surface area contributed by atoms with E-state index in [0.29, 0.717) is 5.82 Å². The van der Waals surface area contributed by atoms with Gasteiger partial charge in [-0.05, 0) is 60.0 Å². The largest absolute Gasteiger partial charge is 0.496 e. The van der Waals surface area contributed by atoms with Gasteiger partial charge in [0, 0.05) is 23.1 Å². The second-order valence-electron chi connectivity index (χ2n) is 6.78. The lowest BCUT2D eigenvalue weighted by molar-refractivity contribution is -0.117. The lowest BCUT2D eigenvalue weighted by Crippen LogP contribution is -2.14. The van der Waals surface area contributed by atoms with Crippen LogP contribution in [0.15, 0.2) is 48.7 Å². The van der Waals surface area contributed by atoms with Gasteiger partial charge in [0.25, 0.3) is 0 Å². The lowest BCUT2D eigenvalue weighted by Gasteiger charge is -2.12. The third kappa shape index (κ3) is 3.27. The lowest BCUT2D eigenvalue weighted by atomic mass is 9.98. The van der Waals surface area contributed by atoms with Crippen molar-refractivity contribution in [2.24, 2.45) is 5.92 Å². The van der Waals surface area contributed by atoms with E-state index in [9.17, 15) is 4.79 Å². The number of hydrogen-bond donors (Lipinski definition) is 1. The summed E-state index contributed by atoms with van der Waals surface area (Å²) in [5.74, 6) is 1.73. The SMILES string of the molecule is CCc1ccc(OC)c(-c2ccc3cc(NC(=O)C4CC4)ncc3c2)c1. The van der Waals surface area contributed by atoms with E-state index in [0.717, 1.165) is 46.9 Å². The standard InChI is InChI=1S/C22H22N2O2/c1-3-14-4-9-20(26-2)19(10-14)17-8-7-16-12-21(23-13-18(16)11-17)24-22(25)15-5-6-15/h4,7-13,15H,3,5-6H2,1-2H3,(H,23,24,25). The van der Waals surface area contributed by atoms with Gasteiger partial charge in [-0.15, -0.1) is 0 Å². The van der Waals surface area contributed by atoms with E-state index in [-0.39, 0.29) is 11.8 Å². The molecule has 1 aromatic heterocycles. The first-order valence-corrected chi connectivity index (χ1v) is 9.06. The van der Waals surface area contributed by atoms with Gasteiger partial charge in [-0.3, -0.25) is 4.79 Å². The Morgan fingerprint density at radius 2 is 2.00 bits per heavy atom. The molecule has 0 spiro atoms. The molecule has 132 valence electrons. The highest BCUT2D eigenvalue weighted by Gasteiger charge is 2.29. The molecule has 0 bridgehead atoms.